The third-order valence-corrected chi connectivity index (χ3v) is 3.57. The SMILES string of the molecule is CCCCCOc1ccc(CC(=O)Cc2ccccn2)c(O)c1. The Labute approximate surface area is 137 Å². The van der Waals surface area contributed by atoms with Crippen LogP contribution in [0.15, 0.2) is 42.6 Å². The summed E-state index contributed by atoms with van der Waals surface area (Å²) in [4.78, 5) is 16.2. The molecule has 122 valence electrons. The summed E-state index contributed by atoms with van der Waals surface area (Å²) in [5, 5.41) is 10.1. The Bertz CT molecular complexity index is 626. The molecule has 0 fully saturated rings. The molecule has 2 rings (SSSR count). The Balaban J connectivity index is 1.89. The highest BCUT2D eigenvalue weighted by atomic mass is 16.5. The van der Waals surface area contributed by atoms with Crippen LogP contribution in [-0.2, 0) is 17.6 Å². The number of phenolic OH excluding ortho intramolecular Hbond substituents is 1. The van der Waals surface area contributed by atoms with Gasteiger partial charge >= 0.3 is 0 Å². The van der Waals surface area contributed by atoms with Gasteiger partial charge in [0, 0.05) is 36.4 Å². The van der Waals surface area contributed by atoms with Crippen molar-refractivity contribution in [1.29, 1.82) is 0 Å². The second kappa shape index (κ2) is 8.93. The Morgan fingerprint density at radius 1 is 1.17 bits per heavy atom. The number of pyridine rings is 1. The van der Waals surface area contributed by atoms with Gasteiger partial charge in [-0.1, -0.05) is 31.9 Å². The van der Waals surface area contributed by atoms with E-state index in [0.717, 1.165) is 25.0 Å². The molecule has 0 saturated heterocycles. The van der Waals surface area contributed by atoms with Gasteiger partial charge < -0.3 is 9.84 Å². The summed E-state index contributed by atoms with van der Waals surface area (Å²) in [7, 11) is 0. The molecule has 2 aromatic rings. The number of ketones is 1. The summed E-state index contributed by atoms with van der Waals surface area (Å²) in [6.45, 7) is 2.79. The molecule has 4 nitrogen and oxygen atoms in total. The first kappa shape index (κ1) is 17.0. The number of hydrogen-bond acceptors (Lipinski definition) is 4. The van der Waals surface area contributed by atoms with Crippen LogP contribution in [0, 0.1) is 0 Å². The van der Waals surface area contributed by atoms with Gasteiger partial charge in [-0.25, -0.2) is 0 Å². The minimum absolute atomic E-state index is 0.0237. The molecule has 1 aromatic carbocycles. The number of Topliss-reactive ketones (excluding diaryl/α,β-unsaturated/α-hetero) is 1. The number of carbonyl (C=O) groups excluding carboxylic acids is 1. The highest BCUT2D eigenvalue weighted by molar-refractivity contribution is 5.83. The summed E-state index contributed by atoms with van der Waals surface area (Å²) in [5.41, 5.74) is 1.36. The lowest BCUT2D eigenvalue weighted by molar-refractivity contribution is -0.117. The Morgan fingerprint density at radius 2 is 2.04 bits per heavy atom. The number of carbonyl (C=O) groups is 1. The molecule has 4 heteroatoms. The predicted octanol–water partition coefficient (Wildman–Crippen LogP) is 3.71. The second-order valence-electron chi connectivity index (χ2n) is 5.56. The molecule has 0 aliphatic carbocycles. The molecule has 0 amide bonds. The van der Waals surface area contributed by atoms with Gasteiger partial charge in [0.25, 0.3) is 0 Å². The topological polar surface area (TPSA) is 59.4 Å². The van der Waals surface area contributed by atoms with Gasteiger partial charge in [-0.05, 0) is 24.6 Å². The zero-order valence-corrected chi connectivity index (χ0v) is 13.5. The molecule has 1 N–H and O–H groups in total. The number of hydrogen-bond donors (Lipinski definition) is 1. The van der Waals surface area contributed by atoms with Crippen molar-refractivity contribution in [2.75, 3.05) is 6.61 Å². The lowest BCUT2D eigenvalue weighted by Gasteiger charge is -2.09. The zero-order chi connectivity index (χ0) is 16.5. The summed E-state index contributed by atoms with van der Waals surface area (Å²) in [6, 6.07) is 10.6. The van der Waals surface area contributed by atoms with Gasteiger partial charge in [-0.2, -0.15) is 0 Å². The minimum atomic E-state index is 0.0237. The average molecular weight is 313 g/mol. The van der Waals surface area contributed by atoms with E-state index in [1.807, 2.05) is 18.2 Å². The summed E-state index contributed by atoms with van der Waals surface area (Å²) < 4.78 is 5.59. The van der Waals surface area contributed by atoms with Gasteiger partial charge in [-0.15, -0.1) is 0 Å². The molecule has 0 radical (unpaired) electrons. The number of unbranched alkanes of at least 4 members (excludes halogenated alkanes) is 2. The van der Waals surface area contributed by atoms with Crippen LogP contribution in [0.3, 0.4) is 0 Å². The quantitative estimate of drug-likeness (QED) is 0.717. The fraction of sp³-hybridized carbons (Fsp3) is 0.368. The van der Waals surface area contributed by atoms with E-state index in [9.17, 15) is 9.90 Å². The first-order valence-electron chi connectivity index (χ1n) is 8.05. The standard InChI is InChI=1S/C19H23NO3/c1-2-3-6-11-23-18-9-8-15(19(22)14-18)12-17(21)13-16-7-4-5-10-20-16/h4-5,7-10,14,22H,2-3,6,11-13H2,1H3. The van der Waals surface area contributed by atoms with Gasteiger partial charge in [0.15, 0.2) is 0 Å². The molecular weight excluding hydrogens is 290 g/mol. The fourth-order valence-corrected chi connectivity index (χ4v) is 2.30. The number of phenols is 1. The lowest BCUT2D eigenvalue weighted by atomic mass is 10.0. The van der Waals surface area contributed by atoms with Crippen LogP contribution in [0.4, 0.5) is 0 Å². The molecule has 1 aromatic heterocycles. The maximum absolute atomic E-state index is 12.1. The van der Waals surface area contributed by atoms with Crippen LogP contribution in [0.25, 0.3) is 0 Å². The van der Waals surface area contributed by atoms with Crippen LogP contribution < -0.4 is 4.74 Å². The maximum Gasteiger partial charge on any atom is 0.143 e. The summed E-state index contributed by atoms with van der Waals surface area (Å²) >= 11 is 0. The summed E-state index contributed by atoms with van der Waals surface area (Å²) in [6.07, 6.45) is 5.42. The maximum atomic E-state index is 12.1. The van der Waals surface area contributed by atoms with Crippen molar-refractivity contribution in [2.45, 2.75) is 39.0 Å². The third-order valence-electron chi connectivity index (χ3n) is 3.57. The molecular formula is C19H23NO3. The van der Waals surface area contributed by atoms with Gasteiger partial charge in [0.05, 0.1) is 6.61 Å². The van der Waals surface area contributed by atoms with Crippen molar-refractivity contribution in [3.8, 4) is 11.5 Å². The zero-order valence-electron chi connectivity index (χ0n) is 13.5. The van der Waals surface area contributed by atoms with Gasteiger partial charge in [-0.3, -0.25) is 9.78 Å². The molecule has 0 spiro atoms. The number of nitrogens with zero attached hydrogens (tertiary/aromatic N) is 1. The van der Waals surface area contributed by atoms with E-state index in [-0.39, 0.29) is 24.4 Å². The average Bonchev–Trinajstić information content (AvgIpc) is 2.55. The number of benzene rings is 1. The molecule has 0 aliphatic heterocycles. The second-order valence-corrected chi connectivity index (χ2v) is 5.56. The van der Waals surface area contributed by atoms with Crippen molar-refractivity contribution in [1.82, 2.24) is 4.98 Å². The number of rotatable bonds is 9. The van der Waals surface area contributed by atoms with Gasteiger partial charge in [0.1, 0.15) is 17.3 Å². The number of ether oxygens (including phenoxy) is 1. The molecule has 0 saturated carbocycles. The van der Waals surface area contributed by atoms with Crippen LogP contribution in [0.2, 0.25) is 0 Å². The highest BCUT2D eigenvalue weighted by Crippen LogP contribution is 2.24. The van der Waals surface area contributed by atoms with E-state index >= 15 is 0 Å². The minimum Gasteiger partial charge on any atom is -0.508 e. The van der Waals surface area contributed by atoms with Crippen LogP contribution >= 0.6 is 0 Å². The first-order chi connectivity index (χ1) is 11.2. The van der Waals surface area contributed by atoms with Crippen molar-refractivity contribution < 1.29 is 14.6 Å². The van der Waals surface area contributed by atoms with Gasteiger partial charge in [0.2, 0.25) is 0 Å². The summed E-state index contributed by atoms with van der Waals surface area (Å²) in [5.74, 6) is 0.766. The van der Waals surface area contributed by atoms with Crippen LogP contribution in [0.1, 0.15) is 37.4 Å². The number of aromatic hydroxyl groups is 1. The number of aromatic nitrogens is 1. The molecule has 0 bridgehead atoms. The highest BCUT2D eigenvalue weighted by Gasteiger charge is 2.10. The third kappa shape index (κ3) is 5.74. The Hall–Kier alpha value is -2.36. The van der Waals surface area contributed by atoms with E-state index in [0.29, 0.717) is 17.9 Å². The van der Waals surface area contributed by atoms with Crippen molar-refractivity contribution in [3.05, 3.63) is 53.9 Å². The van der Waals surface area contributed by atoms with E-state index < -0.39 is 0 Å². The largest absolute Gasteiger partial charge is 0.508 e. The van der Waals surface area contributed by atoms with E-state index in [4.69, 9.17) is 4.74 Å². The molecule has 1 heterocycles. The van der Waals surface area contributed by atoms with E-state index in [1.54, 1.807) is 24.4 Å². The molecule has 23 heavy (non-hydrogen) atoms. The molecule has 0 atom stereocenters. The Kier molecular flexibility index (Phi) is 6.60. The first-order valence-corrected chi connectivity index (χ1v) is 8.05. The Morgan fingerprint density at radius 3 is 2.74 bits per heavy atom. The predicted molar refractivity (Wildman–Crippen MR) is 89.8 cm³/mol. The van der Waals surface area contributed by atoms with Crippen molar-refractivity contribution in [3.63, 3.8) is 0 Å². The van der Waals surface area contributed by atoms with E-state index in [2.05, 4.69) is 11.9 Å². The van der Waals surface area contributed by atoms with Crippen molar-refractivity contribution >= 4 is 5.78 Å². The molecule has 0 aliphatic rings. The normalized spacial score (nSPS) is 10.5. The van der Waals surface area contributed by atoms with Crippen LogP contribution in [0.5, 0.6) is 11.5 Å². The monoisotopic (exact) mass is 313 g/mol. The van der Waals surface area contributed by atoms with Crippen molar-refractivity contribution in [2.24, 2.45) is 0 Å². The van der Waals surface area contributed by atoms with E-state index in [1.165, 1.54) is 0 Å². The smallest absolute Gasteiger partial charge is 0.143 e. The van der Waals surface area contributed by atoms with Crippen LogP contribution in [-0.4, -0.2) is 22.5 Å². The lowest BCUT2D eigenvalue weighted by Crippen LogP contribution is -2.08. The fourth-order valence-electron chi connectivity index (χ4n) is 2.30. The molecule has 0 unspecified atom stereocenters.